The van der Waals surface area contributed by atoms with Crippen LogP contribution >= 0.6 is 11.3 Å². The Balaban J connectivity index is 1.87. The van der Waals surface area contributed by atoms with Crippen LogP contribution in [-0.4, -0.2) is 37.7 Å². The van der Waals surface area contributed by atoms with E-state index in [9.17, 15) is 14.4 Å². The third-order valence-corrected chi connectivity index (χ3v) is 5.10. The average Bonchev–Trinajstić information content (AvgIpc) is 3.18. The number of fused-ring (bicyclic) bond motifs is 1. The molecule has 158 valence electrons. The fourth-order valence-corrected chi connectivity index (χ4v) is 3.61. The molecule has 9 nitrogen and oxygen atoms in total. The van der Waals surface area contributed by atoms with Crippen LogP contribution in [0.25, 0.3) is 11.0 Å². The lowest BCUT2D eigenvalue weighted by Gasteiger charge is -2.12. The molecule has 0 spiro atoms. The summed E-state index contributed by atoms with van der Waals surface area (Å²) >= 11 is 1.08. The molecule has 2 aromatic heterocycles. The van der Waals surface area contributed by atoms with Gasteiger partial charge in [-0.3, -0.25) is 4.79 Å². The Morgan fingerprint density at radius 1 is 1.23 bits per heavy atom. The molecular weight excluding hydrogens is 412 g/mol. The van der Waals surface area contributed by atoms with E-state index in [0.717, 1.165) is 11.3 Å². The van der Waals surface area contributed by atoms with Gasteiger partial charge in [0, 0.05) is 17.5 Å². The maximum atomic E-state index is 12.5. The van der Waals surface area contributed by atoms with Gasteiger partial charge in [0.2, 0.25) is 5.91 Å². The number of esters is 1. The van der Waals surface area contributed by atoms with E-state index in [-0.39, 0.29) is 29.4 Å². The standard InChI is InChI=1S/C20H20N2O7S/c1-5-28-19(25)13-9-30-20(21-13)22-16(23)8-12-10(2)17-14(27-4)6-11(26-3)7-15(17)29-18(12)24/h6-7,9H,5,8H2,1-4H3,(H,21,22,23). The molecule has 0 aliphatic rings. The number of carbonyl (C=O) groups is 2. The molecule has 3 aromatic rings. The molecule has 0 atom stereocenters. The van der Waals surface area contributed by atoms with Crippen molar-refractivity contribution in [2.45, 2.75) is 20.3 Å². The number of nitrogens with one attached hydrogen (secondary N) is 1. The zero-order chi connectivity index (χ0) is 21.8. The number of nitrogens with zero attached hydrogens (tertiary/aromatic N) is 1. The average molecular weight is 432 g/mol. The predicted octanol–water partition coefficient (Wildman–Crippen LogP) is 2.93. The molecular formula is C20H20N2O7S. The highest BCUT2D eigenvalue weighted by atomic mass is 32.1. The van der Waals surface area contributed by atoms with Crippen molar-refractivity contribution in [2.24, 2.45) is 0 Å². The number of carbonyl (C=O) groups excluding carboxylic acids is 2. The molecule has 0 bridgehead atoms. The Hall–Kier alpha value is -3.40. The Labute approximate surface area is 175 Å². The van der Waals surface area contributed by atoms with Gasteiger partial charge in [0.15, 0.2) is 10.8 Å². The summed E-state index contributed by atoms with van der Waals surface area (Å²) in [6, 6.07) is 3.26. The summed E-state index contributed by atoms with van der Waals surface area (Å²) < 4.78 is 20.9. The van der Waals surface area contributed by atoms with Crippen LogP contribution in [0.5, 0.6) is 11.5 Å². The SMILES string of the molecule is CCOC(=O)c1csc(NC(=O)Cc2c(C)c3c(OC)cc(OC)cc3oc2=O)n1. The molecule has 0 aliphatic carbocycles. The van der Waals surface area contributed by atoms with Crippen molar-refractivity contribution in [1.29, 1.82) is 0 Å². The van der Waals surface area contributed by atoms with E-state index in [0.29, 0.717) is 28.0 Å². The number of benzene rings is 1. The Morgan fingerprint density at radius 3 is 2.67 bits per heavy atom. The predicted molar refractivity (Wildman–Crippen MR) is 111 cm³/mol. The molecule has 1 N–H and O–H groups in total. The third-order valence-electron chi connectivity index (χ3n) is 4.34. The first-order valence-electron chi connectivity index (χ1n) is 8.98. The fraction of sp³-hybridized carbons (Fsp3) is 0.300. The second kappa shape index (κ2) is 8.95. The number of hydrogen-bond acceptors (Lipinski definition) is 9. The maximum absolute atomic E-state index is 12.5. The zero-order valence-electron chi connectivity index (χ0n) is 16.9. The normalized spacial score (nSPS) is 10.7. The van der Waals surface area contributed by atoms with E-state index in [1.54, 1.807) is 26.0 Å². The van der Waals surface area contributed by atoms with Gasteiger partial charge in [-0.15, -0.1) is 11.3 Å². The highest BCUT2D eigenvalue weighted by Crippen LogP contribution is 2.33. The second-order valence-corrected chi connectivity index (χ2v) is 7.04. The number of ether oxygens (including phenoxy) is 3. The fourth-order valence-electron chi connectivity index (χ4n) is 2.92. The van der Waals surface area contributed by atoms with Gasteiger partial charge < -0.3 is 23.9 Å². The molecule has 1 amide bonds. The Kier molecular flexibility index (Phi) is 6.36. The number of aromatic nitrogens is 1. The summed E-state index contributed by atoms with van der Waals surface area (Å²) in [6.45, 7) is 3.64. The number of aryl methyl sites for hydroxylation is 1. The summed E-state index contributed by atoms with van der Waals surface area (Å²) in [6.07, 6.45) is -0.229. The Morgan fingerprint density at radius 2 is 2.00 bits per heavy atom. The van der Waals surface area contributed by atoms with Gasteiger partial charge >= 0.3 is 11.6 Å². The largest absolute Gasteiger partial charge is 0.496 e. The van der Waals surface area contributed by atoms with Gasteiger partial charge in [-0.25, -0.2) is 14.6 Å². The van der Waals surface area contributed by atoms with Crippen LogP contribution in [-0.2, 0) is 16.0 Å². The van der Waals surface area contributed by atoms with E-state index < -0.39 is 17.5 Å². The maximum Gasteiger partial charge on any atom is 0.357 e. The quantitative estimate of drug-likeness (QED) is 0.447. The van der Waals surface area contributed by atoms with Crippen LogP contribution < -0.4 is 20.4 Å². The molecule has 0 radical (unpaired) electrons. The number of amides is 1. The highest BCUT2D eigenvalue weighted by Gasteiger charge is 2.20. The lowest BCUT2D eigenvalue weighted by atomic mass is 10.0. The van der Waals surface area contributed by atoms with Crippen molar-refractivity contribution in [2.75, 3.05) is 26.1 Å². The second-order valence-electron chi connectivity index (χ2n) is 6.18. The molecule has 0 aliphatic heterocycles. The van der Waals surface area contributed by atoms with Crippen molar-refractivity contribution >= 4 is 39.3 Å². The van der Waals surface area contributed by atoms with Crippen LogP contribution in [0.4, 0.5) is 5.13 Å². The number of methoxy groups -OCH3 is 2. The summed E-state index contributed by atoms with van der Waals surface area (Å²) in [5, 5.41) is 4.89. The van der Waals surface area contributed by atoms with Crippen LogP contribution in [0.2, 0.25) is 0 Å². The van der Waals surface area contributed by atoms with Gasteiger partial charge in [-0.05, 0) is 19.4 Å². The minimum Gasteiger partial charge on any atom is -0.496 e. The van der Waals surface area contributed by atoms with Crippen molar-refractivity contribution in [1.82, 2.24) is 4.98 Å². The molecule has 2 heterocycles. The van der Waals surface area contributed by atoms with E-state index >= 15 is 0 Å². The van der Waals surface area contributed by atoms with Crippen LogP contribution in [0.15, 0.2) is 26.7 Å². The molecule has 3 rings (SSSR count). The first kappa shape index (κ1) is 21.3. The van der Waals surface area contributed by atoms with Gasteiger partial charge in [0.1, 0.15) is 17.1 Å². The topological polar surface area (TPSA) is 117 Å². The molecule has 0 saturated heterocycles. The lowest BCUT2D eigenvalue weighted by Crippen LogP contribution is -2.20. The summed E-state index contributed by atoms with van der Waals surface area (Å²) in [4.78, 5) is 40.7. The first-order valence-corrected chi connectivity index (χ1v) is 9.86. The molecule has 30 heavy (non-hydrogen) atoms. The smallest absolute Gasteiger partial charge is 0.357 e. The molecule has 0 unspecified atom stereocenters. The van der Waals surface area contributed by atoms with Crippen LogP contribution in [0, 0.1) is 6.92 Å². The molecule has 10 heteroatoms. The summed E-state index contributed by atoms with van der Waals surface area (Å²) in [5.41, 5.74) is 0.554. The third kappa shape index (κ3) is 4.28. The lowest BCUT2D eigenvalue weighted by molar-refractivity contribution is -0.115. The molecule has 0 fully saturated rings. The zero-order valence-corrected chi connectivity index (χ0v) is 17.7. The van der Waals surface area contributed by atoms with Crippen molar-refractivity contribution in [3.05, 3.63) is 44.8 Å². The minimum atomic E-state index is -0.628. The van der Waals surface area contributed by atoms with Crippen LogP contribution in [0.1, 0.15) is 28.5 Å². The summed E-state index contributed by atoms with van der Waals surface area (Å²) in [7, 11) is 2.99. The van der Waals surface area contributed by atoms with E-state index in [1.165, 1.54) is 19.6 Å². The van der Waals surface area contributed by atoms with Gasteiger partial charge in [-0.1, -0.05) is 0 Å². The van der Waals surface area contributed by atoms with Gasteiger partial charge in [0.25, 0.3) is 0 Å². The first-order chi connectivity index (χ1) is 14.4. The van der Waals surface area contributed by atoms with E-state index in [2.05, 4.69) is 10.3 Å². The summed E-state index contributed by atoms with van der Waals surface area (Å²) in [5.74, 6) is -0.0930. The van der Waals surface area contributed by atoms with Crippen molar-refractivity contribution < 1.29 is 28.2 Å². The Bertz CT molecular complexity index is 1170. The number of thiazole rings is 1. The van der Waals surface area contributed by atoms with Gasteiger partial charge in [-0.2, -0.15) is 0 Å². The minimum absolute atomic E-state index is 0.109. The van der Waals surface area contributed by atoms with Crippen molar-refractivity contribution in [3.8, 4) is 11.5 Å². The van der Waals surface area contributed by atoms with E-state index in [4.69, 9.17) is 18.6 Å². The van der Waals surface area contributed by atoms with Gasteiger partial charge in [0.05, 0.1) is 38.2 Å². The monoisotopic (exact) mass is 432 g/mol. The molecule has 1 aromatic carbocycles. The number of rotatable bonds is 7. The van der Waals surface area contributed by atoms with Crippen LogP contribution in [0.3, 0.4) is 0 Å². The number of anilines is 1. The van der Waals surface area contributed by atoms with Crippen molar-refractivity contribution in [3.63, 3.8) is 0 Å². The number of hydrogen-bond donors (Lipinski definition) is 1. The van der Waals surface area contributed by atoms with E-state index in [1.807, 2.05) is 0 Å². The highest BCUT2D eigenvalue weighted by molar-refractivity contribution is 7.14. The molecule has 0 saturated carbocycles.